The molecule has 0 fully saturated rings. The van der Waals surface area contributed by atoms with Crippen molar-refractivity contribution in [1.29, 1.82) is 0 Å². The summed E-state index contributed by atoms with van der Waals surface area (Å²) in [7, 11) is 0. The number of nitrogens with zero attached hydrogens (tertiary/aromatic N) is 1. The summed E-state index contributed by atoms with van der Waals surface area (Å²) in [6, 6.07) is 0.501. The number of unbranched alkanes of at least 4 members (excludes halogenated alkanes) is 1. The SMILES string of the molecule is C=CCCCOC(=O)C(C)NC(=O)/C(C)=C/c1cncc(F)c1. The molecule has 0 aromatic carbocycles. The second-order valence-electron chi connectivity index (χ2n) is 5.06. The van der Waals surface area contributed by atoms with Gasteiger partial charge in [0.1, 0.15) is 11.9 Å². The van der Waals surface area contributed by atoms with Gasteiger partial charge in [-0.1, -0.05) is 6.08 Å². The quantitative estimate of drug-likeness (QED) is 0.346. The Morgan fingerprint density at radius 3 is 2.87 bits per heavy atom. The van der Waals surface area contributed by atoms with Crippen LogP contribution >= 0.6 is 0 Å². The van der Waals surface area contributed by atoms with Crippen LogP contribution in [0.4, 0.5) is 4.39 Å². The fourth-order valence-corrected chi connectivity index (χ4v) is 1.72. The van der Waals surface area contributed by atoms with E-state index in [2.05, 4.69) is 16.9 Å². The minimum atomic E-state index is -0.764. The molecule has 124 valence electrons. The van der Waals surface area contributed by atoms with Crippen molar-refractivity contribution in [2.75, 3.05) is 6.61 Å². The van der Waals surface area contributed by atoms with E-state index < -0.39 is 23.7 Å². The van der Waals surface area contributed by atoms with Gasteiger partial charge in [-0.05, 0) is 44.4 Å². The molecule has 0 aliphatic rings. The number of carbonyl (C=O) groups is 2. The van der Waals surface area contributed by atoms with Crippen molar-refractivity contribution < 1.29 is 18.7 Å². The van der Waals surface area contributed by atoms with Gasteiger partial charge in [-0.3, -0.25) is 9.78 Å². The largest absolute Gasteiger partial charge is 0.464 e. The number of carbonyl (C=O) groups excluding carboxylic acids is 2. The van der Waals surface area contributed by atoms with Gasteiger partial charge in [0.15, 0.2) is 0 Å². The predicted molar refractivity (Wildman–Crippen MR) is 85.8 cm³/mol. The maximum absolute atomic E-state index is 13.0. The fraction of sp³-hybridized carbons (Fsp3) is 0.353. The average molecular weight is 320 g/mol. The van der Waals surface area contributed by atoms with E-state index in [-0.39, 0.29) is 6.61 Å². The van der Waals surface area contributed by atoms with Gasteiger partial charge in [0.05, 0.1) is 12.8 Å². The Balaban J connectivity index is 2.53. The third-order valence-electron chi connectivity index (χ3n) is 2.97. The normalized spacial score (nSPS) is 12.4. The lowest BCUT2D eigenvalue weighted by atomic mass is 10.1. The molecule has 0 bridgehead atoms. The molecule has 1 aromatic rings. The summed E-state index contributed by atoms with van der Waals surface area (Å²) >= 11 is 0. The molecule has 1 rings (SSSR count). The molecule has 1 atom stereocenters. The van der Waals surface area contributed by atoms with Gasteiger partial charge in [0, 0.05) is 11.8 Å². The Morgan fingerprint density at radius 2 is 2.22 bits per heavy atom. The first-order valence-electron chi connectivity index (χ1n) is 7.31. The van der Waals surface area contributed by atoms with E-state index in [4.69, 9.17) is 4.74 Å². The lowest BCUT2D eigenvalue weighted by Gasteiger charge is -2.13. The Kier molecular flexibility index (Phi) is 7.66. The molecule has 0 radical (unpaired) electrons. The number of pyridine rings is 1. The third kappa shape index (κ3) is 6.86. The van der Waals surface area contributed by atoms with Crippen molar-refractivity contribution in [2.24, 2.45) is 0 Å². The van der Waals surface area contributed by atoms with Crippen LogP contribution < -0.4 is 5.32 Å². The number of amides is 1. The molecule has 1 N–H and O–H groups in total. The summed E-state index contributed by atoms with van der Waals surface area (Å²) in [6.45, 7) is 6.98. The molecular formula is C17H21FN2O3. The molecule has 1 heterocycles. The van der Waals surface area contributed by atoms with Gasteiger partial charge in [-0.25, -0.2) is 9.18 Å². The van der Waals surface area contributed by atoms with Crippen molar-refractivity contribution in [3.63, 3.8) is 0 Å². The maximum Gasteiger partial charge on any atom is 0.328 e. The zero-order valence-electron chi connectivity index (χ0n) is 13.3. The smallest absolute Gasteiger partial charge is 0.328 e. The molecule has 23 heavy (non-hydrogen) atoms. The van der Waals surface area contributed by atoms with Crippen LogP contribution in [0.1, 0.15) is 32.3 Å². The Labute approximate surface area is 135 Å². The molecule has 5 nitrogen and oxygen atoms in total. The summed E-state index contributed by atoms with van der Waals surface area (Å²) in [4.78, 5) is 27.4. The summed E-state index contributed by atoms with van der Waals surface area (Å²) in [5, 5.41) is 2.54. The Bertz CT molecular complexity index is 599. The third-order valence-corrected chi connectivity index (χ3v) is 2.97. The molecule has 0 saturated carbocycles. The van der Waals surface area contributed by atoms with Crippen LogP contribution in [0, 0.1) is 5.82 Å². The standard InChI is InChI=1S/C17H21FN2O3/c1-4-5-6-7-23-17(22)13(3)20-16(21)12(2)8-14-9-15(18)11-19-10-14/h4,8-11,13H,1,5-7H2,2-3H3,(H,20,21)/b12-8+. The predicted octanol–water partition coefficient (Wildman–Crippen LogP) is 2.64. The lowest BCUT2D eigenvalue weighted by Crippen LogP contribution is -2.40. The van der Waals surface area contributed by atoms with E-state index in [1.54, 1.807) is 19.9 Å². The molecule has 0 aliphatic carbocycles. The highest BCUT2D eigenvalue weighted by atomic mass is 19.1. The number of halogens is 1. The number of ether oxygens (including phenoxy) is 1. The van der Waals surface area contributed by atoms with Crippen LogP contribution in [0.25, 0.3) is 6.08 Å². The van der Waals surface area contributed by atoms with E-state index >= 15 is 0 Å². The first kappa shape index (κ1) is 18.5. The molecule has 1 aromatic heterocycles. The monoisotopic (exact) mass is 320 g/mol. The molecule has 0 aliphatic heterocycles. The van der Waals surface area contributed by atoms with E-state index in [0.717, 1.165) is 12.6 Å². The van der Waals surface area contributed by atoms with Crippen LogP contribution in [0.5, 0.6) is 0 Å². The summed E-state index contributed by atoms with van der Waals surface area (Å²) < 4.78 is 18.1. The fourth-order valence-electron chi connectivity index (χ4n) is 1.72. The minimum Gasteiger partial charge on any atom is -0.464 e. The van der Waals surface area contributed by atoms with Gasteiger partial charge in [0.25, 0.3) is 0 Å². The van der Waals surface area contributed by atoms with E-state index in [0.29, 0.717) is 17.6 Å². The Hall–Kier alpha value is -2.50. The second-order valence-corrected chi connectivity index (χ2v) is 5.06. The molecular weight excluding hydrogens is 299 g/mol. The molecule has 1 amide bonds. The second kappa shape index (κ2) is 9.50. The van der Waals surface area contributed by atoms with Gasteiger partial charge < -0.3 is 10.1 Å². The van der Waals surface area contributed by atoms with Crippen LogP contribution in [0.3, 0.4) is 0 Å². The van der Waals surface area contributed by atoms with E-state index in [9.17, 15) is 14.0 Å². The van der Waals surface area contributed by atoms with Crippen LogP contribution in [-0.2, 0) is 14.3 Å². The van der Waals surface area contributed by atoms with Crippen molar-refractivity contribution in [3.05, 3.63) is 48.1 Å². The van der Waals surface area contributed by atoms with E-state index in [1.165, 1.54) is 18.3 Å². The number of nitrogens with one attached hydrogen (secondary N) is 1. The zero-order chi connectivity index (χ0) is 17.2. The first-order chi connectivity index (χ1) is 10.9. The summed E-state index contributed by atoms with van der Waals surface area (Å²) in [6.07, 6.45) is 7.22. The number of hydrogen-bond acceptors (Lipinski definition) is 4. The molecule has 1 unspecified atom stereocenters. The minimum absolute atomic E-state index is 0.287. The van der Waals surface area contributed by atoms with Gasteiger partial charge >= 0.3 is 5.97 Å². The highest BCUT2D eigenvalue weighted by molar-refractivity contribution is 5.99. The number of hydrogen-bond donors (Lipinski definition) is 1. The zero-order valence-corrected chi connectivity index (χ0v) is 13.3. The topological polar surface area (TPSA) is 68.3 Å². The highest BCUT2D eigenvalue weighted by Crippen LogP contribution is 2.07. The van der Waals surface area contributed by atoms with Gasteiger partial charge in [-0.15, -0.1) is 6.58 Å². The maximum atomic E-state index is 13.0. The average Bonchev–Trinajstić information content (AvgIpc) is 2.51. The number of allylic oxidation sites excluding steroid dienone is 1. The molecule has 6 heteroatoms. The van der Waals surface area contributed by atoms with Crippen LogP contribution in [0.15, 0.2) is 36.7 Å². The van der Waals surface area contributed by atoms with Crippen molar-refractivity contribution in [2.45, 2.75) is 32.7 Å². The van der Waals surface area contributed by atoms with Crippen LogP contribution in [0.2, 0.25) is 0 Å². The van der Waals surface area contributed by atoms with E-state index in [1.807, 2.05) is 0 Å². The molecule has 0 spiro atoms. The summed E-state index contributed by atoms with van der Waals surface area (Å²) in [5.74, 6) is -1.41. The lowest BCUT2D eigenvalue weighted by molar-refractivity contribution is -0.147. The van der Waals surface area contributed by atoms with Crippen molar-refractivity contribution in [1.82, 2.24) is 10.3 Å². The number of aromatic nitrogens is 1. The number of esters is 1. The summed E-state index contributed by atoms with van der Waals surface area (Å²) in [5.41, 5.74) is 0.806. The first-order valence-corrected chi connectivity index (χ1v) is 7.31. The van der Waals surface area contributed by atoms with Crippen molar-refractivity contribution in [3.8, 4) is 0 Å². The van der Waals surface area contributed by atoms with Gasteiger partial charge in [0.2, 0.25) is 5.91 Å². The van der Waals surface area contributed by atoms with Crippen molar-refractivity contribution >= 4 is 18.0 Å². The van der Waals surface area contributed by atoms with Crippen LogP contribution in [-0.4, -0.2) is 29.5 Å². The Morgan fingerprint density at radius 1 is 1.48 bits per heavy atom. The van der Waals surface area contributed by atoms with Gasteiger partial charge in [-0.2, -0.15) is 0 Å². The molecule has 0 saturated heterocycles. The highest BCUT2D eigenvalue weighted by Gasteiger charge is 2.17. The number of rotatable bonds is 8.